The van der Waals surface area contributed by atoms with Gasteiger partial charge in [0.25, 0.3) is 0 Å². The van der Waals surface area contributed by atoms with Gasteiger partial charge < -0.3 is 16.2 Å². The van der Waals surface area contributed by atoms with Gasteiger partial charge in [0, 0.05) is 12.5 Å². The molecule has 2 aliphatic carbocycles. The van der Waals surface area contributed by atoms with Crippen molar-refractivity contribution in [3.63, 3.8) is 0 Å². The highest BCUT2D eigenvalue weighted by Crippen LogP contribution is 2.33. The zero-order chi connectivity index (χ0) is 13.9. The minimum absolute atomic E-state index is 0.114. The molecule has 0 aliphatic heterocycles. The third kappa shape index (κ3) is 3.69. The zero-order valence-electron chi connectivity index (χ0n) is 11.4. The third-order valence-corrected chi connectivity index (χ3v) is 4.39. The number of nitrogens with two attached hydrogens (primary N) is 1. The lowest BCUT2D eigenvalue weighted by Crippen LogP contribution is -2.55. The van der Waals surface area contributed by atoms with Crippen LogP contribution in [0, 0.1) is 5.92 Å². The van der Waals surface area contributed by atoms with Gasteiger partial charge in [-0.25, -0.2) is 4.79 Å². The first-order valence-corrected chi connectivity index (χ1v) is 7.33. The van der Waals surface area contributed by atoms with E-state index in [-0.39, 0.29) is 18.4 Å². The summed E-state index contributed by atoms with van der Waals surface area (Å²) in [6.07, 6.45) is 7.33. The van der Waals surface area contributed by atoms with E-state index in [0.29, 0.717) is 18.8 Å². The lowest BCUT2D eigenvalue weighted by atomic mass is 9.89. The van der Waals surface area contributed by atoms with Crippen molar-refractivity contribution in [2.24, 2.45) is 11.7 Å². The number of carboxylic acid groups (broad SMARTS) is 1. The summed E-state index contributed by atoms with van der Waals surface area (Å²) in [6, 6.07) is -0.114. The summed E-state index contributed by atoms with van der Waals surface area (Å²) < 4.78 is 0. The van der Waals surface area contributed by atoms with Crippen molar-refractivity contribution in [3.8, 4) is 0 Å². The van der Waals surface area contributed by atoms with Crippen molar-refractivity contribution >= 4 is 11.9 Å². The number of carboxylic acids is 1. The minimum Gasteiger partial charge on any atom is -0.480 e. The molecule has 0 aromatic carbocycles. The Hall–Kier alpha value is -1.10. The van der Waals surface area contributed by atoms with Gasteiger partial charge in [-0.1, -0.05) is 25.7 Å². The number of hydrogen-bond donors (Lipinski definition) is 3. The maximum atomic E-state index is 12.0. The highest BCUT2D eigenvalue weighted by molar-refractivity contribution is 5.87. The van der Waals surface area contributed by atoms with Crippen LogP contribution in [0.1, 0.15) is 57.8 Å². The molecule has 2 saturated carbocycles. The van der Waals surface area contributed by atoms with Crippen LogP contribution in [0.5, 0.6) is 0 Å². The average Bonchev–Trinajstić information content (AvgIpc) is 3.16. The second-order valence-corrected chi connectivity index (χ2v) is 6.06. The van der Waals surface area contributed by atoms with Crippen LogP contribution in [-0.2, 0) is 9.59 Å². The molecular formula is C14H24N2O3. The Morgan fingerprint density at radius 3 is 2.26 bits per heavy atom. The van der Waals surface area contributed by atoms with Crippen LogP contribution in [0.4, 0.5) is 0 Å². The van der Waals surface area contributed by atoms with E-state index in [2.05, 4.69) is 5.32 Å². The van der Waals surface area contributed by atoms with Gasteiger partial charge in [0.1, 0.15) is 5.54 Å². The van der Waals surface area contributed by atoms with Gasteiger partial charge in [-0.3, -0.25) is 4.79 Å². The molecule has 0 spiro atoms. The maximum absolute atomic E-state index is 12.0. The Kier molecular flexibility index (Phi) is 4.45. The Morgan fingerprint density at radius 2 is 1.79 bits per heavy atom. The van der Waals surface area contributed by atoms with Crippen molar-refractivity contribution in [2.45, 2.75) is 69.4 Å². The van der Waals surface area contributed by atoms with Crippen LogP contribution in [-0.4, -0.2) is 28.6 Å². The molecule has 0 aromatic heterocycles. The Bertz CT molecular complexity index is 345. The highest BCUT2D eigenvalue weighted by Gasteiger charge is 2.40. The number of carbonyl (C=O) groups is 2. The molecule has 19 heavy (non-hydrogen) atoms. The molecule has 0 heterocycles. The monoisotopic (exact) mass is 268 g/mol. The Labute approximate surface area is 113 Å². The minimum atomic E-state index is -1.06. The van der Waals surface area contributed by atoms with E-state index >= 15 is 0 Å². The molecule has 5 nitrogen and oxygen atoms in total. The maximum Gasteiger partial charge on any atom is 0.329 e. The van der Waals surface area contributed by atoms with Crippen molar-refractivity contribution < 1.29 is 14.7 Å². The van der Waals surface area contributed by atoms with Gasteiger partial charge >= 0.3 is 5.97 Å². The predicted molar refractivity (Wildman–Crippen MR) is 71.5 cm³/mol. The van der Waals surface area contributed by atoms with Gasteiger partial charge in [-0.15, -0.1) is 0 Å². The molecule has 108 valence electrons. The fourth-order valence-electron chi connectivity index (χ4n) is 2.95. The summed E-state index contributed by atoms with van der Waals surface area (Å²) in [5.74, 6) is -0.646. The van der Waals surface area contributed by atoms with Crippen LogP contribution in [0.3, 0.4) is 0 Å². The van der Waals surface area contributed by atoms with Crippen molar-refractivity contribution in [1.82, 2.24) is 5.32 Å². The van der Waals surface area contributed by atoms with E-state index in [1.807, 2.05) is 0 Å². The number of hydrogen-bond acceptors (Lipinski definition) is 3. The lowest BCUT2D eigenvalue weighted by Gasteiger charge is -2.29. The number of amides is 1. The summed E-state index contributed by atoms with van der Waals surface area (Å²) in [7, 11) is 0. The average molecular weight is 268 g/mol. The molecule has 4 N–H and O–H groups in total. The van der Waals surface area contributed by atoms with E-state index in [0.717, 1.165) is 38.5 Å². The normalized spacial score (nSPS) is 24.3. The SMILES string of the molecule is NC(CC(=O)NC1(C(=O)O)CCCCCC1)C1CC1. The van der Waals surface area contributed by atoms with Gasteiger partial charge in [-0.2, -0.15) is 0 Å². The smallest absolute Gasteiger partial charge is 0.329 e. The molecule has 0 aromatic rings. The molecule has 0 saturated heterocycles. The zero-order valence-corrected chi connectivity index (χ0v) is 11.4. The summed E-state index contributed by atoms with van der Waals surface area (Å²) in [5, 5.41) is 12.2. The van der Waals surface area contributed by atoms with Gasteiger partial charge in [-0.05, 0) is 31.6 Å². The van der Waals surface area contributed by atoms with Crippen LogP contribution >= 0.6 is 0 Å². The predicted octanol–water partition coefficient (Wildman–Crippen LogP) is 1.41. The fraction of sp³-hybridized carbons (Fsp3) is 0.857. The van der Waals surface area contributed by atoms with Gasteiger partial charge in [0.05, 0.1) is 0 Å². The molecule has 1 atom stereocenters. The fourth-order valence-corrected chi connectivity index (χ4v) is 2.95. The first-order chi connectivity index (χ1) is 9.03. The van der Waals surface area contributed by atoms with Crippen LogP contribution in [0.25, 0.3) is 0 Å². The molecule has 0 bridgehead atoms. The number of nitrogens with one attached hydrogen (secondary N) is 1. The highest BCUT2D eigenvalue weighted by atomic mass is 16.4. The quantitative estimate of drug-likeness (QED) is 0.657. The van der Waals surface area contributed by atoms with E-state index in [4.69, 9.17) is 5.73 Å². The van der Waals surface area contributed by atoms with Crippen LogP contribution in [0.15, 0.2) is 0 Å². The number of carbonyl (C=O) groups excluding carboxylic acids is 1. The topological polar surface area (TPSA) is 92.4 Å². The second-order valence-electron chi connectivity index (χ2n) is 6.06. The molecule has 2 aliphatic rings. The molecule has 2 rings (SSSR count). The molecule has 0 radical (unpaired) electrons. The Morgan fingerprint density at radius 1 is 1.21 bits per heavy atom. The first-order valence-electron chi connectivity index (χ1n) is 7.33. The van der Waals surface area contributed by atoms with Gasteiger partial charge in [0.15, 0.2) is 0 Å². The van der Waals surface area contributed by atoms with E-state index in [9.17, 15) is 14.7 Å². The van der Waals surface area contributed by atoms with Crippen molar-refractivity contribution in [3.05, 3.63) is 0 Å². The van der Waals surface area contributed by atoms with Gasteiger partial charge in [0.2, 0.25) is 5.91 Å². The number of rotatable bonds is 5. The van der Waals surface area contributed by atoms with E-state index in [1.54, 1.807) is 0 Å². The van der Waals surface area contributed by atoms with Crippen LogP contribution < -0.4 is 11.1 Å². The first kappa shape index (κ1) is 14.3. The standard InChI is InChI=1S/C14H24N2O3/c15-11(10-5-6-10)9-12(17)16-14(13(18)19)7-3-1-2-4-8-14/h10-11H,1-9,15H2,(H,16,17)(H,18,19). The lowest BCUT2D eigenvalue weighted by molar-refractivity contribution is -0.148. The molecule has 1 unspecified atom stereocenters. The summed E-state index contributed by atoms with van der Waals surface area (Å²) in [4.78, 5) is 23.6. The molecular weight excluding hydrogens is 244 g/mol. The summed E-state index contributed by atoms with van der Waals surface area (Å²) in [5.41, 5.74) is 4.87. The Balaban J connectivity index is 1.94. The van der Waals surface area contributed by atoms with E-state index < -0.39 is 11.5 Å². The third-order valence-electron chi connectivity index (χ3n) is 4.39. The second kappa shape index (κ2) is 5.90. The summed E-state index contributed by atoms with van der Waals surface area (Å²) >= 11 is 0. The molecule has 2 fully saturated rings. The molecule has 5 heteroatoms. The summed E-state index contributed by atoms with van der Waals surface area (Å²) in [6.45, 7) is 0. The van der Waals surface area contributed by atoms with Crippen molar-refractivity contribution in [2.75, 3.05) is 0 Å². The van der Waals surface area contributed by atoms with Crippen molar-refractivity contribution in [1.29, 1.82) is 0 Å². The molecule has 1 amide bonds. The van der Waals surface area contributed by atoms with Crippen LogP contribution in [0.2, 0.25) is 0 Å². The largest absolute Gasteiger partial charge is 0.480 e. The van der Waals surface area contributed by atoms with E-state index in [1.165, 1.54) is 0 Å². The number of aliphatic carboxylic acids is 1.